The molecule has 0 aromatic rings. The van der Waals surface area contributed by atoms with Crippen LogP contribution in [0.5, 0.6) is 0 Å². The van der Waals surface area contributed by atoms with Crippen molar-refractivity contribution in [3.05, 3.63) is 12.2 Å². The lowest BCUT2D eigenvalue weighted by Gasteiger charge is -2.60. The summed E-state index contributed by atoms with van der Waals surface area (Å²) in [6, 6.07) is 0.130. The van der Waals surface area contributed by atoms with Gasteiger partial charge in [0.1, 0.15) is 12.4 Å². The van der Waals surface area contributed by atoms with E-state index in [1.165, 1.54) is 0 Å². The van der Waals surface area contributed by atoms with Crippen molar-refractivity contribution in [3.63, 3.8) is 0 Å². The third-order valence-corrected chi connectivity index (χ3v) is 10.1. The second-order valence-corrected chi connectivity index (χ2v) is 13.0. The number of carbonyl (C=O) groups is 1. The minimum Gasteiger partial charge on any atom is -0.444 e. The topological polar surface area (TPSA) is 77.5 Å². The molecule has 1 saturated heterocycles. The zero-order valence-electron chi connectivity index (χ0n) is 22.3. The van der Waals surface area contributed by atoms with E-state index < -0.39 is 5.60 Å². The first-order valence-corrected chi connectivity index (χ1v) is 13.6. The monoisotopic (exact) mass is 491 g/mol. The predicted octanol–water partition coefficient (Wildman–Crippen LogP) is 4.38. The van der Waals surface area contributed by atoms with Crippen LogP contribution in [-0.4, -0.2) is 74.1 Å². The molecule has 8 atom stereocenters. The molecule has 1 amide bonds. The van der Waals surface area contributed by atoms with Crippen LogP contribution in [-0.2, 0) is 18.9 Å². The quantitative estimate of drug-likeness (QED) is 0.308. The Kier molecular flexibility index (Phi) is 6.56. The molecule has 35 heavy (non-hydrogen) atoms. The van der Waals surface area contributed by atoms with Crippen molar-refractivity contribution in [1.29, 1.82) is 0 Å². The number of likely N-dealkylation sites (tertiary alicyclic amines) is 1. The molecule has 1 N–H and O–H groups in total. The highest BCUT2D eigenvalue weighted by atomic mass is 16.7. The molecule has 7 nitrogen and oxygen atoms in total. The Balaban J connectivity index is 1.54. The molecule has 1 spiro atoms. The second kappa shape index (κ2) is 9.00. The molecule has 5 aliphatic rings. The molecule has 0 aromatic carbocycles. The Bertz CT molecular complexity index is 840. The van der Waals surface area contributed by atoms with Gasteiger partial charge in [0, 0.05) is 37.6 Å². The van der Waals surface area contributed by atoms with Gasteiger partial charge in [-0.3, -0.25) is 0 Å². The van der Waals surface area contributed by atoms with Crippen molar-refractivity contribution < 1.29 is 28.8 Å². The first kappa shape index (κ1) is 25.5. The maximum absolute atomic E-state index is 13.5. The van der Waals surface area contributed by atoms with Gasteiger partial charge in [0.2, 0.25) is 0 Å². The summed E-state index contributed by atoms with van der Waals surface area (Å²) in [5.41, 5.74) is -0.521. The number of carbonyl (C=O) groups excluding carboxylic acids is 1. The Morgan fingerprint density at radius 1 is 1.23 bits per heavy atom. The lowest BCUT2D eigenvalue weighted by molar-refractivity contribution is -0.155. The summed E-state index contributed by atoms with van der Waals surface area (Å²) in [7, 11) is 1.63. The van der Waals surface area contributed by atoms with Crippen LogP contribution in [0.1, 0.15) is 66.2 Å². The minimum atomic E-state index is -0.521. The predicted molar refractivity (Wildman–Crippen MR) is 132 cm³/mol. The van der Waals surface area contributed by atoms with E-state index in [4.69, 9.17) is 18.9 Å². The molecular weight excluding hydrogens is 446 g/mol. The highest BCUT2D eigenvalue weighted by molar-refractivity contribution is 5.69. The highest BCUT2D eigenvalue weighted by Gasteiger charge is 2.78. The highest BCUT2D eigenvalue weighted by Crippen LogP contribution is 2.78. The number of hydrogen-bond donors (Lipinski definition) is 1. The van der Waals surface area contributed by atoms with Gasteiger partial charge >= 0.3 is 6.09 Å². The number of aliphatic hydroxyl groups excluding tert-OH is 1. The Morgan fingerprint density at radius 2 is 2.03 bits per heavy atom. The third-order valence-electron chi connectivity index (χ3n) is 10.1. The Morgan fingerprint density at radius 3 is 2.74 bits per heavy atom. The van der Waals surface area contributed by atoms with Gasteiger partial charge in [0.25, 0.3) is 0 Å². The van der Waals surface area contributed by atoms with E-state index >= 15 is 0 Å². The SMILES string of the molecule is COCOCCOC1[C@@H]2C=CC[C@@H]3[C@@]2(CCO)C[C@H]2[C@@H]4[C@@](C)(CCC[C@]143)CN2C(=O)OC(C)(C)C. The van der Waals surface area contributed by atoms with Crippen molar-refractivity contribution >= 4 is 6.09 Å². The van der Waals surface area contributed by atoms with Crippen LogP contribution in [0.3, 0.4) is 0 Å². The van der Waals surface area contributed by atoms with Gasteiger partial charge < -0.3 is 29.0 Å². The summed E-state index contributed by atoms with van der Waals surface area (Å²) in [5, 5.41) is 10.3. The van der Waals surface area contributed by atoms with Gasteiger partial charge in [-0.25, -0.2) is 4.79 Å². The van der Waals surface area contributed by atoms with Crippen molar-refractivity contribution in [2.75, 3.05) is 40.3 Å². The molecular formula is C28H45NO6. The van der Waals surface area contributed by atoms with E-state index in [2.05, 4.69) is 24.0 Å². The maximum atomic E-state index is 13.5. The molecule has 7 heteroatoms. The lowest BCUT2D eigenvalue weighted by atomic mass is 9.44. The second-order valence-electron chi connectivity index (χ2n) is 13.0. The summed E-state index contributed by atoms with van der Waals surface area (Å²) in [4.78, 5) is 15.6. The summed E-state index contributed by atoms with van der Waals surface area (Å²) in [6.07, 6.45) is 10.8. The first-order chi connectivity index (χ1) is 16.6. The summed E-state index contributed by atoms with van der Waals surface area (Å²) < 4.78 is 23.3. The van der Waals surface area contributed by atoms with E-state index in [1.807, 2.05) is 20.8 Å². The van der Waals surface area contributed by atoms with Crippen molar-refractivity contribution in [3.8, 4) is 0 Å². The number of ether oxygens (including phenoxy) is 4. The van der Waals surface area contributed by atoms with Gasteiger partial charge in [-0.1, -0.05) is 25.5 Å². The fourth-order valence-corrected chi connectivity index (χ4v) is 9.57. The van der Waals surface area contributed by atoms with E-state index in [9.17, 15) is 9.90 Å². The van der Waals surface area contributed by atoms with Gasteiger partial charge in [-0.05, 0) is 75.5 Å². The average Bonchev–Trinajstić information content (AvgIpc) is 3.05. The molecule has 1 aliphatic heterocycles. The van der Waals surface area contributed by atoms with Crippen molar-refractivity contribution in [2.24, 2.45) is 34.0 Å². The van der Waals surface area contributed by atoms with Crippen LogP contribution in [0.2, 0.25) is 0 Å². The van der Waals surface area contributed by atoms with E-state index in [-0.39, 0.29) is 53.8 Å². The standard InChI is InChI=1S/C28H45NO6/c1-25(2,3)35-24(31)29-17-26(4)10-7-11-28-21-9-6-8-19(23(28)34-15-14-33-18-32-5)27(21,12-13-30)16-20(29)22(26)28/h6,8,19-23,30H,7,9-18H2,1-5H3/t19-,20-,21+,22+,23?,26-,27-,28+/m0/s1. The molecule has 4 aliphatic carbocycles. The molecule has 0 radical (unpaired) electrons. The fraction of sp³-hybridized carbons (Fsp3) is 0.893. The smallest absolute Gasteiger partial charge is 0.410 e. The largest absolute Gasteiger partial charge is 0.444 e. The number of nitrogens with zero attached hydrogens (tertiary/aromatic N) is 1. The normalized spacial score (nSPS) is 43.4. The van der Waals surface area contributed by atoms with E-state index in [1.54, 1.807) is 7.11 Å². The molecule has 3 saturated carbocycles. The lowest BCUT2D eigenvalue weighted by Crippen LogP contribution is -2.60. The molecule has 0 aromatic heterocycles. The summed E-state index contributed by atoms with van der Waals surface area (Å²) >= 11 is 0. The van der Waals surface area contributed by atoms with Crippen molar-refractivity contribution in [2.45, 2.75) is 84.0 Å². The number of methoxy groups -OCH3 is 1. The van der Waals surface area contributed by atoms with Gasteiger partial charge in [0.15, 0.2) is 0 Å². The maximum Gasteiger partial charge on any atom is 0.410 e. The zero-order valence-corrected chi connectivity index (χ0v) is 22.3. The number of rotatable bonds is 8. The molecule has 1 unspecified atom stereocenters. The number of hydrogen-bond acceptors (Lipinski definition) is 6. The van der Waals surface area contributed by atoms with Gasteiger partial charge in [-0.2, -0.15) is 0 Å². The van der Waals surface area contributed by atoms with Crippen molar-refractivity contribution in [1.82, 2.24) is 4.90 Å². The zero-order chi connectivity index (χ0) is 25.1. The molecule has 4 fully saturated rings. The van der Waals surface area contributed by atoms with E-state index in [0.717, 1.165) is 45.1 Å². The first-order valence-electron chi connectivity index (χ1n) is 13.6. The Labute approximate surface area is 210 Å². The third kappa shape index (κ3) is 3.79. The van der Waals surface area contributed by atoms with Crippen LogP contribution in [0, 0.1) is 34.0 Å². The molecule has 198 valence electrons. The summed E-state index contributed by atoms with van der Waals surface area (Å²) in [5.74, 6) is 1.11. The molecule has 5 rings (SSSR count). The van der Waals surface area contributed by atoms with Crippen LogP contribution >= 0.6 is 0 Å². The van der Waals surface area contributed by atoms with E-state index in [0.29, 0.717) is 25.0 Å². The molecule has 1 heterocycles. The Hall–Kier alpha value is -1.15. The average molecular weight is 492 g/mol. The van der Waals surface area contributed by atoms with Crippen LogP contribution < -0.4 is 0 Å². The van der Waals surface area contributed by atoms with Gasteiger partial charge in [0.05, 0.1) is 19.3 Å². The van der Waals surface area contributed by atoms with Crippen LogP contribution in [0.15, 0.2) is 12.2 Å². The van der Waals surface area contributed by atoms with Crippen LogP contribution in [0.25, 0.3) is 0 Å². The fourth-order valence-electron chi connectivity index (χ4n) is 9.57. The van der Waals surface area contributed by atoms with Gasteiger partial charge in [-0.15, -0.1) is 0 Å². The minimum absolute atomic E-state index is 0.00271. The van der Waals surface area contributed by atoms with Crippen LogP contribution in [0.4, 0.5) is 4.79 Å². The molecule has 4 bridgehead atoms. The number of aliphatic hydroxyl groups is 1. The summed E-state index contributed by atoms with van der Waals surface area (Å²) in [6.45, 7) is 10.5. The number of amides is 1. The number of allylic oxidation sites excluding steroid dienone is 1.